The number of carbonyl (C=O) groups excluding carboxylic acids is 1. The molecule has 0 aromatic carbocycles. The topological polar surface area (TPSA) is 228 Å². The number of carbonyl (C=O) groups is 1. The van der Waals surface area contributed by atoms with Crippen LogP contribution in [0.4, 0.5) is 0 Å². The minimum atomic E-state index is -1.79. The number of rotatable bonds is 53. The van der Waals surface area contributed by atoms with E-state index in [1.54, 1.807) is 6.08 Å². The molecular formula is C66H121NO13. The molecule has 1 amide bonds. The van der Waals surface area contributed by atoms with Gasteiger partial charge in [-0.2, -0.15) is 0 Å². The fraction of sp³-hybridized carbons (Fsp3) is 0.864. The molecule has 80 heavy (non-hydrogen) atoms. The molecule has 0 aliphatic carbocycles. The minimum Gasteiger partial charge on any atom is -0.394 e. The van der Waals surface area contributed by atoms with Gasteiger partial charge in [0.1, 0.15) is 48.8 Å². The summed E-state index contributed by atoms with van der Waals surface area (Å²) in [6, 6.07) is -0.931. The van der Waals surface area contributed by atoms with Crippen LogP contribution >= 0.6 is 0 Å². The zero-order chi connectivity index (χ0) is 58.1. The molecule has 14 heteroatoms. The monoisotopic (exact) mass is 1140 g/mol. The van der Waals surface area contributed by atoms with Gasteiger partial charge in [0.2, 0.25) is 5.91 Å². The number of hydrogen-bond acceptors (Lipinski definition) is 13. The van der Waals surface area contributed by atoms with E-state index in [1.165, 1.54) is 186 Å². The molecule has 2 aliphatic rings. The number of nitrogens with one attached hydrogen (secondary N) is 1. The minimum absolute atomic E-state index is 0.245. The summed E-state index contributed by atoms with van der Waals surface area (Å²) in [7, 11) is 0. The third kappa shape index (κ3) is 35.9. The molecule has 0 radical (unpaired) electrons. The highest BCUT2D eigenvalue weighted by Crippen LogP contribution is 2.30. The smallest absolute Gasteiger partial charge is 0.220 e. The second-order valence-electron chi connectivity index (χ2n) is 23.2. The van der Waals surface area contributed by atoms with Gasteiger partial charge in [0.15, 0.2) is 12.6 Å². The number of amides is 1. The summed E-state index contributed by atoms with van der Waals surface area (Å²) in [5.41, 5.74) is 0. The standard InChI is InChI=1S/C66H121NO13/c1-3-5-7-9-11-13-15-17-18-19-20-21-22-23-24-25-26-27-28-29-30-31-32-33-34-35-36-38-39-41-43-45-47-49-55(70)54(67-58(71)50-48-46-44-42-40-37-16-14-12-10-8-6-4-2)53-77-65-63(76)61(74)64(57(52-69)79-65)80-66-62(75)60(73)59(72)56(51-68)78-66/h6,8,12,14,37,40,47,49,54-57,59-66,68-70,72-76H,3-5,7,9-11,13,15-36,38-39,41-46,48,50-53H2,1-2H3,(H,67,71)/b8-6-,14-12-,40-37-,49-47+. The lowest BCUT2D eigenvalue weighted by atomic mass is 9.97. The SMILES string of the molecule is CC/C=C\C/C=C\C/C=C\CCCCCC(=O)NC(COC1OC(CO)C(OC2OC(CO)C(O)C(O)C2O)C(O)C1O)C(O)/C=C/CCCCCCCCCCCCCCCCCCCCCCCCCCCCCCCCC. The Hall–Kier alpha value is -2.05. The van der Waals surface area contributed by atoms with E-state index in [9.17, 15) is 45.6 Å². The molecule has 0 saturated carbocycles. The van der Waals surface area contributed by atoms with Crippen molar-refractivity contribution in [3.05, 3.63) is 48.6 Å². The summed E-state index contributed by atoms with van der Waals surface area (Å²) in [6.45, 7) is 2.68. The molecule has 9 N–H and O–H groups in total. The van der Waals surface area contributed by atoms with Crippen molar-refractivity contribution in [3.8, 4) is 0 Å². The lowest BCUT2D eigenvalue weighted by Crippen LogP contribution is -2.65. The van der Waals surface area contributed by atoms with E-state index in [4.69, 9.17) is 18.9 Å². The molecule has 2 aliphatic heterocycles. The molecule has 12 atom stereocenters. The van der Waals surface area contributed by atoms with Crippen LogP contribution in [0.25, 0.3) is 0 Å². The van der Waals surface area contributed by atoms with Gasteiger partial charge < -0.3 is 65.1 Å². The first kappa shape index (κ1) is 74.1. The molecule has 0 aromatic rings. The quantitative estimate of drug-likeness (QED) is 0.0204. The average Bonchev–Trinajstić information content (AvgIpc) is 3.47. The van der Waals surface area contributed by atoms with Crippen molar-refractivity contribution < 1.29 is 64.6 Å². The number of allylic oxidation sites excluding steroid dienone is 7. The molecule has 14 nitrogen and oxygen atoms in total. The highest BCUT2D eigenvalue weighted by Gasteiger charge is 2.51. The average molecular weight is 1140 g/mol. The lowest BCUT2D eigenvalue weighted by molar-refractivity contribution is -0.359. The van der Waals surface area contributed by atoms with Gasteiger partial charge in [-0.05, 0) is 51.4 Å². The van der Waals surface area contributed by atoms with Crippen molar-refractivity contribution >= 4 is 5.91 Å². The van der Waals surface area contributed by atoms with Crippen LogP contribution in [0.2, 0.25) is 0 Å². The first-order valence-corrected chi connectivity index (χ1v) is 32.9. The summed E-state index contributed by atoms with van der Waals surface area (Å²) in [6.07, 6.45) is 49.1. The van der Waals surface area contributed by atoms with Crippen LogP contribution in [-0.4, -0.2) is 140 Å². The van der Waals surface area contributed by atoms with Crippen LogP contribution in [0.15, 0.2) is 48.6 Å². The van der Waals surface area contributed by atoms with Crippen LogP contribution in [0.1, 0.15) is 271 Å². The third-order valence-corrected chi connectivity index (χ3v) is 16.0. The number of hydrogen-bond donors (Lipinski definition) is 9. The fourth-order valence-corrected chi connectivity index (χ4v) is 10.8. The van der Waals surface area contributed by atoms with E-state index in [1.807, 2.05) is 6.08 Å². The summed E-state index contributed by atoms with van der Waals surface area (Å²) in [4.78, 5) is 13.2. The second kappa shape index (κ2) is 51.4. The third-order valence-electron chi connectivity index (χ3n) is 16.0. The number of unbranched alkanes of at least 4 members (excludes halogenated alkanes) is 34. The van der Waals surface area contributed by atoms with Gasteiger partial charge in [-0.3, -0.25) is 4.79 Å². The summed E-state index contributed by atoms with van der Waals surface area (Å²) in [5, 5.41) is 87.1. The van der Waals surface area contributed by atoms with E-state index in [2.05, 4.69) is 55.6 Å². The van der Waals surface area contributed by atoms with Crippen LogP contribution in [0, 0.1) is 0 Å². The molecular weight excluding hydrogens is 1010 g/mol. The van der Waals surface area contributed by atoms with E-state index in [0.717, 1.165) is 57.8 Å². The Morgan fingerprint density at radius 1 is 0.463 bits per heavy atom. The van der Waals surface area contributed by atoms with Gasteiger partial charge in [0.25, 0.3) is 0 Å². The first-order chi connectivity index (χ1) is 39.1. The summed E-state index contributed by atoms with van der Waals surface area (Å²) < 4.78 is 22.8. The molecule has 0 aromatic heterocycles. The maximum absolute atomic E-state index is 13.2. The molecule has 0 bridgehead atoms. The predicted molar refractivity (Wildman–Crippen MR) is 323 cm³/mol. The van der Waals surface area contributed by atoms with Gasteiger partial charge in [-0.15, -0.1) is 0 Å². The van der Waals surface area contributed by atoms with Gasteiger partial charge >= 0.3 is 0 Å². The highest BCUT2D eigenvalue weighted by atomic mass is 16.7. The molecule has 2 heterocycles. The predicted octanol–water partition coefficient (Wildman–Crippen LogP) is 12.3. The fourth-order valence-electron chi connectivity index (χ4n) is 10.8. The normalized spacial score (nSPS) is 24.5. The first-order valence-electron chi connectivity index (χ1n) is 32.9. The Labute approximate surface area is 486 Å². The van der Waals surface area contributed by atoms with E-state index >= 15 is 0 Å². The molecule has 2 fully saturated rings. The Balaban J connectivity index is 1.64. The molecule has 0 spiro atoms. The Bertz CT molecular complexity index is 1530. The van der Waals surface area contributed by atoms with Gasteiger partial charge in [-0.25, -0.2) is 0 Å². The highest BCUT2D eigenvalue weighted by molar-refractivity contribution is 5.76. The molecule has 2 rings (SSSR count). The Kier molecular flexibility index (Phi) is 47.6. The summed E-state index contributed by atoms with van der Waals surface area (Å²) >= 11 is 0. The zero-order valence-corrected chi connectivity index (χ0v) is 50.6. The van der Waals surface area contributed by atoms with Gasteiger partial charge in [0, 0.05) is 6.42 Å². The van der Waals surface area contributed by atoms with Crippen LogP contribution in [0.5, 0.6) is 0 Å². The largest absolute Gasteiger partial charge is 0.394 e. The van der Waals surface area contributed by atoms with Crippen molar-refractivity contribution in [1.29, 1.82) is 0 Å². The second-order valence-corrected chi connectivity index (χ2v) is 23.2. The number of ether oxygens (including phenoxy) is 4. The van der Waals surface area contributed by atoms with Crippen LogP contribution in [0.3, 0.4) is 0 Å². The maximum atomic E-state index is 13.2. The molecule has 12 unspecified atom stereocenters. The van der Waals surface area contributed by atoms with E-state index in [0.29, 0.717) is 6.42 Å². The van der Waals surface area contributed by atoms with Gasteiger partial charge in [-0.1, -0.05) is 262 Å². The van der Waals surface area contributed by atoms with Crippen molar-refractivity contribution in [2.75, 3.05) is 19.8 Å². The van der Waals surface area contributed by atoms with E-state index in [-0.39, 0.29) is 18.9 Å². The summed E-state index contributed by atoms with van der Waals surface area (Å²) in [5.74, 6) is -0.267. The van der Waals surface area contributed by atoms with Crippen molar-refractivity contribution in [2.24, 2.45) is 0 Å². The zero-order valence-electron chi connectivity index (χ0n) is 50.6. The van der Waals surface area contributed by atoms with Crippen LogP contribution < -0.4 is 5.32 Å². The Morgan fingerprint density at radius 3 is 1.32 bits per heavy atom. The number of aliphatic hydroxyl groups excluding tert-OH is 8. The van der Waals surface area contributed by atoms with Crippen molar-refractivity contribution in [2.45, 2.75) is 344 Å². The maximum Gasteiger partial charge on any atom is 0.220 e. The van der Waals surface area contributed by atoms with Crippen molar-refractivity contribution in [3.63, 3.8) is 0 Å². The van der Waals surface area contributed by atoms with E-state index < -0.39 is 86.8 Å². The molecule has 468 valence electrons. The van der Waals surface area contributed by atoms with Crippen LogP contribution in [-0.2, 0) is 23.7 Å². The molecule has 2 saturated heterocycles. The van der Waals surface area contributed by atoms with Gasteiger partial charge in [0.05, 0.1) is 32.0 Å². The number of aliphatic hydroxyl groups is 8. The van der Waals surface area contributed by atoms with Crippen molar-refractivity contribution in [1.82, 2.24) is 5.32 Å². The Morgan fingerprint density at radius 2 is 0.863 bits per heavy atom. The lowest BCUT2D eigenvalue weighted by Gasteiger charge is -2.46.